The fraction of sp³-hybridized carbons (Fsp3) is 0.480. The number of hydrogen-bond donors (Lipinski definition) is 1. The molecule has 1 amide bonds. The Kier molecular flexibility index (Phi) is 7.67. The molecule has 3 nitrogen and oxygen atoms in total. The summed E-state index contributed by atoms with van der Waals surface area (Å²) in [7, 11) is 0. The van der Waals surface area contributed by atoms with Crippen LogP contribution >= 0.6 is 0 Å². The van der Waals surface area contributed by atoms with Crippen molar-refractivity contribution in [3.63, 3.8) is 0 Å². The van der Waals surface area contributed by atoms with Crippen LogP contribution in [0.5, 0.6) is 0 Å². The van der Waals surface area contributed by atoms with Gasteiger partial charge in [-0.25, -0.2) is 0 Å². The minimum atomic E-state index is 0.0938. The quantitative estimate of drug-likeness (QED) is 0.702. The van der Waals surface area contributed by atoms with E-state index < -0.39 is 0 Å². The number of carbonyl (C=O) groups excluding carboxylic acids is 1. The summed E-state index contributed by atoms with van der Waals surface area (Å²) >= 11 is 0. The summed E-state index contributed by atoms with van der Waals surface area (Å²) in [4.78, 5) is 15.3. The third kappa shape index (κ3) is 5.23. The monoisotopic (exact) mass is 378 g/mol. The Morgan fingerprint density at radius 1 is 1.11 bits per heavy atom. The van der Waals surface area contributed by atoms with Gasteiger partial charge in [0.2, 0.25) is 5.91 Å². The average Bonchev–Trinajstić information content (AvgIpc) is 2.77. The van der Waals surface area contributed by atoms with Gasteiger partial charge in [0.15, 0.2) is 0 Å². The van der Waals surface area contributed by atoms with Crippen LogP contribution in [0.1, 0.15) is 56.7 Å². The molecule has 1 N–H and O–H groups in total. The lowest BCUT2D eigenvalue weighted by Crippen LogP contribution is -2.50. The summed E-state index contributed by atoms with van der Waals surface area (Å²) in [5.74, 6) is 0.777. The molecule has 2 aromatic rings. The van der Waals surface area contributed by atoms with Crippen LogP contribution in [0.25, 0.3) is 0 Å². The number of benzene rings is 2. The maximum atomic E-state index is 13.1. The highest BCUT2D eigenvalue weighted by atomic mass is 16.2. The number of nitrogens with one attached hydrogen (secondary N) is 1. The molecule has 1 saturated heterocycles. The SMILES string of the molecule is CCC(=O)N(C(C)c1ccccc1)C(CCc1ccccc1)C1CCCNC1. The van der Waals surface area contributed by atoms with E-state index in [0.29, 0.717) is 12.3 Å². The van der Waals surface area contributed by atoms with Gasteiger partial charge in [-0.15, -0.1) is 0 Å². The molecule has 2 aromatic carbocycles. The lowest BCUT2D eigenvalue weighted by Gasteiger charge is -2.42. The van der Waals surface area contributed by atoms with Crippen molar-refractivity contribution in [2.75, 3.05) is 13.1 Å². The summed E-state index contributed by atoms with van der Waals surface area (Å²) in [6.07, 6.45) is 4.97. The molecule has 0 saturated carbocycles. The lowest BCUT2D eigenvalue weighted by molar-refractivity contribution is -0.137. The van der Waals surface area contributed by atoms with Crippen molar-refractivity contribution in [3.8, 4) is 0 Å². The average molecular weight is 379 g/mol. The van der Waals surface area contributed by atoms with Gasteiger partial charge < -0.3 is 10.2 Å². The number of piperidine rings is 1. The minimum absolute atomic E-state index is 0.0938. The highest BCUT2D eigenvalue weighted by Gasteiger charge is 2.34. The Hall–Kier alpha value is -2.13. The Balaban J connectivity index is 1.87. The van der Waals surface area contributed by atoms with Crippen LogP contribution in [0.15, 0.2) is 60.7 Å². The molecule has 0 aliphatic carbocycles. The molecule has 0 spiro atoms. The van der Waals surface area contributed by atoms with Crippen LogP contribution in [0, 0.1) is 5.92 Å². The summed E-state index contributed by atoms with van der Waals surface area (Å²) in [5.41, 5.74) is 2.57. The number of aryl methyl sites for hydroxylation is 1. The first-order valence-electron chi connectivity index (χ1n) is 10.8. The molecule has 0 aromatic heterocycles. The Bertz CT molecular complexity index is 710. The lowest BCUT2D eigenvalue weighted by atomic mass is 9.85. The van der Waals surface area contributed by atoms with Crippen LogP contribution in [-0.4, -0.2) is 29.9 Å². The summed E-state index contributed by atoms with van der Waals surface area (Å²) in [6, 6.07) is 21.5. The van der Waals surface area contributed by atoms with Gasteiger partial charge in [-0.1, -0.05) is 67.6 Å². The van der Waals surface area contributed by atoms with E-state index in [2.05, 4.69) is 71.7 Å². The standard InChI is InChI=1S/C25H34N2O/c1-3-25(28)27(20(2)22-13-8-5-9-14-22)24(23-15-10-18-26-19-23)17-16-21-11-6-4-7-12-21/h4-9,11-14,20,23-24,26H,3,10,15-19H2,1-2H3. The van der Waals surface area contributed by atoms with E-state index in [4.69, 9.17) is 0 Å². The second-order valence-corrected chi connectivity index (χ2v) is 7.94. The molecule has 3 atom stereocenters. The molecule has 0 radical (unpaired) electrons. The molecule has 3 unspecified atom stereocenters. The van der Waals surface area contributed by atoms with Crippen LogP contribution in [0.2, 0.25) is 0 Å². The van der Waals surface area contributed by atoms with Crippen molar-refractivity contribution >= 4 is 5.91 Å². The van der Waals surface area contributed by atoms with Crippen molar-refractivity contribution in [1.82, 2.24) is 10.2 Å². The highest BCUT2D eigenvalue weighted by molar-refractivity contribution is 5.76. The Morgan fingerprint density at radius 3 is 2.39 bits per heavy atom. The largest absolute Gasteiger partial charge is 0.333 e. The summed E-state index contributed by atoms with van der Waals surface area (Å²) < 4.78 is 0. The molecular formula is C25H34N2O. The topological polar surface area (TPSA) is 32.3 Å². The van der Waals surface area contributed by atoms with Crippen molar-refractivity contribution in [1.29, 1.82) is 0 Å². The van der Waals surface area contributed by atoms with E-state index in [1.165, 1.54) is 24.0 Å². The first-order chi connectivity index (χ1) is 13.7. The Morgan fingerprint density at radius 2 is 1.79 bits per heavy atom. The minimum Gasteiger partial charge on any atom is -0.333 e. The van der Waals surface area contributed by atoms with Gasteiger partial charge in [0.25, 0.3) is 0 Å². The third-order valence-corrected chi connectivity index (χ3v) is 6.10. The fourth-order valence-corrected chi connectivity index (χ4v) is 4.53. The number of nitrogens with zero attached hydrogens (tertiary/aromatic N) is 1. The van der Waals surface area contributed by atoms with Gasteiger partial charge in [-0.3, -0.25) is 4.79 Å². The Labute approximate surface area is 170 Å². The summed E-state index contributed by atoms with van der Waals surface area (Å²) in [6.45, 7) is 6.28. The van der Waals surface area contributed by atoms with E-state index >= 15 is 0 Å². The zero-order valence-corrected chi connectivity index (χ0v) is 17.3. The van der Waals surface area contributed by atoms with Crippen molar-refractivity contribution in [2.45, 2.75) is 58.0 Å². The molecule has 0 bridgehead atoms. The van der Waals surface area contributed by atoms with Gasteiger partial charge in [-0.2, -0.15) is 0 Å². The van der Waals surface area contributed by atoms with E-state index in [9.17, 15) is 4.79 Å². The van der Waals surface area contributed by atoms with Crippen LogP contribution in [-0.2, 0) is 11.2 Å². The van der Waals surface area contributed by atoms with Gasteiger partial charge in [-0.05, 0) is 62.7 Å². The van der Waals surface area contributed by atoms with Gasteiger partial charge >= 0.3 is 0 Å². The number of amides is 1. The molecule has 1 fully saturated rings. The predicted octanol–water partition coefficient (Wildman–Crippen LogP) is 4.99. The van der Waals surface area contributed by atoms with Gasteiger partial charge in [0, 0.05) is 12.5 Å². The molecule has 3 heteroatoms. The maximum absolute atomic E-state index is 13.1. The molecule has 3 rings (SSSR count). The molecule has 1 heterocycles. The molecular weight excluding hydrogens is 344 g/mol. The van der Waals surface area contributed by atoms with E-state index in [1.54, 1.807) is 0 Å². The van der Waals surface area contributed by atoms with Crippen LogP contribution in [0.4, 0.5) is 0 Å². The molecule has 1 aliphatic heterocycles. The van der Waals surface area contributed by atoms with Gasteiger partial charge in [0.1, 0.15) is 0 Å². The first-order valence-corrected chi connectivity index (χ1v) is 10.8. The predicted molar refractivity (Wildman–Crippen MR) is 116 cm³/mol. The second kappa shape index (κ2) is 10.4. The first kappa shape index (κ1) is 20.6. The highest BCUT2D eigenvalue weighted by Crippen LogP contribution is 2.31. The smallest absolute Gasteiger partial charge is 0.223 e. The summed E-state index contributed by atoms with van der Waals surface area (Å²) in [5, 5.41) is 3.57. The molecule has 1 aliphatic rings. The zero-order valence-electron chi connectivity index (χ0n) is 17.3. The van der Waals surface area contributed by atoms with Crippen LogP contribution < -0.4 is 5.32 Å². The molecule has 150 valence electrons. The molecule has 28 heavy (non-hydrogen) atoms. The van der Waals surface area contributed by atoms with E-state index in [1.807, 2.05) is 13.0 Å². The maximum Gasteiger partial charge on any atom is 0.223 e. The second-order valence-electron chi connectivity index (χ2n) is 7.94. The van der Waals surface area contributed by atoms with Crippen molar-refractivity contribution < 1.29 is 4.79 Å². The number of rotatable bonds is 8. The third-order valence-electron chi connectivity index (χ3n) is 6.10. The zero-order chi connectivity index (χ0) is 19.8. The van der Waals surface area contributed by atoms with Gasteiger partial charge in [0.05, 0.1) is 6.04 Å². The number of hydrogen-bond acceptors (Lipinski definition) is 2. The van der Waals surface area contributed by atoms with E-state index in [0.717, 1.165) is 25.9 Å². The van der Waals surface area contributed by atoms with E-state index in [-0.39, 0.29) is 18.0 Å². The number of carbonyl (C=O) groups is 1. The van der Waals surface area contributed by atoms with Crippen molar-refractivity contribution in [3.05, 3.63) is 71.8 Å². The normalized spacial score (nSPS) is 19.0. The van der Waals surface area contributed by atoms with Crippen LogP contribution in [0.3, 0.4) is 0 Å². The fourth-order valence-electron chi connectivity index (χ4n) is 4.53. The van der Waals surface area contributed by atoms with Crippen molar-refractivity contribution in [2.24, 2.45) is 5.92 Å².